The van der Waals surface area contributed by atoms with Crippen molar-refractivity contribution in [3.63, 3.8) is 0 Å². The van der Waals surface area contributed by atoms with Crippen molar-refractivity contribution in [1.82, 2.24) is 5.43 Å². The van der Waals surface area contributed by atoms with Gasteiger partial charge >= 0.3 is 0 Å². The molecule has 6 heteroatoms. The Labute approximate surface area is 148 Å². The fourth-order valence-corrected chi connectivity index (χ4v) is 3.07. The topological polar surface area (TPSA) is 96.6 Å². The van der Waals surface area contributed by atoms with Gasteiger partial charge in [-0.25, -0.2) is 5.43 Å². The summed E-state index contributed by atoms with van der Waals surface area (Å²) < 4.78 is 0. The van der Waals surface area contributed by atoms with E-state index in [0.717, 1.165) is 12.8 Å². The summed E-state index contributed by atoms with van der Waals surface area (Å²) >= 11 is 0. The molecule has 1 aromatic rings. The van der Waals surface area contributed by atoms with Gasteiger partial charge in [0.25, 0.3) is 0 Å². The standard InChI is InChI=1S/C19H26N4O2/c1-13(12-21-23-14(2)24)17-9-8-16(11-18(17)20)22-19(25)10-15-6-4-3-5-7-15/h8-9,11-12,15H,1,3-7,10,20H2,2H3,(H,22,25)(H,23,24)/b21-12-. The summed E-state index contributed by atoms with van der Waals surface area (Å²) in [6.07, 6.45) is 8.02. The summed E-state index contributed by atoms with van der Waals surface area (Å²) in [5, 5.41) is 6.69. The minimum atomic E-state index is -0.256. The normalized spacial score (nSPS) is 15.1. The Bertz CT molecular complexity index is 676. The summed E-state index contributed by atoms with van der Waals surface area (Å²) in [4.78, 5) is 23.0. The molecule has 0 bridgehead atoms. The van der Waals surface area contributed by atoms with Gasteiger partial charge in [-0.15, -0.1) is 0 Å². The lowest BCUT2D eigenvalue weighted by atomic mass is 9.87. The molecule has 0 atom stereocenters. The molecule has 25 heavy (non-hydrogen) atoms. The molecule has 0 spiro atoms. The van der Waals surface area contributed by atoms with E-state index in [1.807, 2.05) is 0 Å². The van der Waals surface area contributed by atoms with Gasteiger partial charge in [-0.3, -0.25) is 9.59 Å². The third kappa shape index (κ3) is 6.06. The van der Waals surface area contributed by atoms with Crippen LogP contribution < -0.4 is 16.5 Å². The quantitative estimate of drug-likeness (QED) is 0.420. The number of hydrogen-bond donors (Lipinski definition) is 3. The number of hydrazone groups is 1. The van der Waals surface area contributed by atoms with Crippen LogP contribution in [0.4, 0.5) is 11.4 Å². The number of benzene rings is 1. The number of carbonyl (C=O) groups excluding carboxylic acids is 2. The lowest BCUT2D eigenvalue weighted by Gasteiger charge is -2.21. The van der Waals surface area contributed by atoms with Crippen molar-refractivity contribution in [1.29, 1.82) is 0 Å². The maximum absolute atomic E-state index is 12.2. The zero-order chi connectivity index (χ0) is 18.2. The van der Waals surface area contributed by atoms with Gasteiger partial charge in [0.05, 0.1) is 6.21 Å². The number of nitrogens with one attached hydrogen (secondary N) is 2. The van der Waals surface area contributed by atoms with Crippen molar-refractivity contribution in [3.05, 3.63) is 30.3 Å². The Hall–Kier alpha value is -2.63. The number of nitrogens with two attached hydrogens (primary N) is 1. The smallest absolute Gasteiger partial charge is 0.236 e. The van der Waals surface area contributed by atoms with Crippen LogP contribution in [0.1, 0.15) is 51.0 Å². The first-order chi connectivity index (χ1) is 12.0. The molecular formula is C19H26N4O2. The van der Waals surface area contributed by atoms with Gasteiger partial charge in [0.15, 0.2) is 0 Å². The summed E-state index contributed by atoms with van der Waals surface area (Å²) in [7, 11) is 0. The van der Waals surface area contributed by atoms with Crippen LogP contribution in [-0.2, 0) is 9.59 Å². The number of hydrogen-bond acceptors (Lipinski definition) is 4. The maximum Gasteiger partial charge on any atom is 0.236 e. The van der Waals surface area contributed by atoms with E-state index in [2.05, 4.69) is 22.4 Å². The first kappa shape index (κ1) is 18.7. The third-order valence-corrected chi connectivity index (χ3v) is 4.32. The molecule has 0 radical (unpaired) electrons. The van der Waals surface area contributed by atoms with Crippen LogP contribution in [0, 0.1) is 5.92 Å². The van der Waals surface area contributed by atoms with Gasteiger partial charge in [0.1, 0.15) is 0 Å². The van der Waals surface area contributed by atoms with Crippen LogP contribution in [0.15, 0.2) is 29.9 Å². The molecule has 0 aliphatic heterocycles. The summed E-state index contributed by atoms with van der Waals surface area (Å²) in [6, 6.07) is 5.29. The minimum Gasteiger partial charge on any atom is -0.398 e. The highest BCUT2D eigenvalue weighted by molar-refractivity contribution is 6.11. The van der Waals surface area contributed by atoms with Crippen LogP contribution in [0.25, 0.3) is 5.57 Å². The van der Waals surface area contributed by atoms with Gasteiger partial charge < -0.3 is 11.1 Å². The van der Waals surface area contributed by atoms with E-state index in [4.69, 9.17) is 5.73 Å². The molecule has 2 rings (SSSR count). The van der Waals surface area contributed by atoms with Crippen molar-refractivity contribution in [3.8, 4) is 0 Å². The average molecular weight is 342 g/mol. The number of allylic oxidation sites excluding steroid dienone is 1. The van der Waals surface area contributed by atoms with Crippen LogP contribution in [0.5, 0.6) is 0 Å². The molecular weight excluding hydrogens is 316 g/mol. The lowest BCUT2D eigenvalue weighted by Crippen LogP contribution is -2.18. The number of carbonyl (C=O) groups is 2. The fraction of sp³-hybridized carbons (Fsp3) is 0.421. The Morgan fingerprint density at radius 2 is 2.04 bits per heavy atom. The van der Waals surface area contributed by atoms with Crippen molar-refractivity contribution in [2.24, 2.45) is 11.0 Å². The predicted molar refractivity (Wildman–Crippen MR) is 102 cm³/mol. The number of nitrogen functional groups attached to an aromatic ring is 1. The monoisotopic (exact) mass is 342 g/mol. The molecule has 134 valence electrons. The molecule has 1 saturated carbocycles. The Balaban J connectivity index is 1.93. The number of amides is 2. The highest BCUT2D eigenvalue weighted by atomic mass is 16.2. The summed E-state index contributed by atoms with van der Waals surface area (Å²) in [6.45, 7) is 5.26. The van der Waals surface area contributed by atoms with Gasteiger partial charge in [-0.2, -0.15) is 5.10 Å². The molecule has 1 fully saturated rings. The fourth-order valence-electron chi connectivity index (χ4n) is 3.07. The number of rotatable bonds is 6. The molecule has 6 nitrogen and oxygen atoms in total. The second-order valence-electron chi connectivity index (χ2n) is 6.51. The van der Waals surface area contributed by atoms with E-state index in [-0.39, 0.29) is 11.8 Å². The van der Waals surface area contributed by atoms with Gasteiger partial charge in [0, 0.05) is 30.3 Å². The number of anilines is 2. The van der Waals surface area contributed by atoms with Crippen LogP contribution in [-0.4, -0.2) is 18.0 Å². The molecule has 0 heterocycles. The van der Waals surface area contributed by atoms with Crippen molar-refractivity contribution in [2.45, 2.75) is 45.4 Å². The van der Waals surface area contributed by atoms with E-state index < -0.39 is 0 Å². The zero-order valence-electron chi connectivity index (χ0n) is 14.7. The minimum absolute atomic E-state index is 0.0325. The number of nitrogens with zero attached hydrogens (tertiary/aromatic N) is 1. The molecule has 2 amide bonds. The van der Waals surface area contributed by atoms with Crippen molar-refractivity contribution >= 4 is 35.0 Å². The van der Waals surface area contributed by atoms with E-state index in [9.17, 15) is 9.59 Å². The Morgan fingerprint density at radius 1 is 1.32 bits per heavy atom. The Kier molecular flexibility index (Phi) is 6.74. The molecule has 0 saturated heterocycles. The average Bonchev–Trinajstić information content (AvgIpc) is 2.55. The maximum atomic E-state index is 12.2. The van der Waals surface area contributed by atoms with Crippen LogP contribution in [0.2, 0.25) is 0 Å². The van der Waals surface area contributed by atoms with Crippen molar-refractivity contribution < 1.29 is 9.59 Å². The van der Waals surface area contributed by atoms with E-state index in [1.165, 1.54) is 32.4 Å². The van der Waals surface area contributed by atoms with Gasteiger partial charge in [-0.05, 0) is 36.5 Å². The summed E-state index contributed by atoms with van der Waals surface area (Å²) in [5.74, 6) is 0.272. The van der Waals surface area contributed by atoms with E-state index in [1.54, 1.807) is 18.2 Å². The van der Waals surface area contributed by atoms with Crippen molar-refractivity contribution in [2.75, 3.05) is 11.1 Å². The molecule has 4 N–H and O–H groups in total. The molecule has 0 unspecified atom stereocenters. The second kappa shape index (κ2) is 9.01. The highest BCUT2D eigenvalue weighted by Crippen LogP contribution is 2.27. The SMILES string of the molecule is C=C(/C=N\NC(C)=O)c1ccc(NC(=O)CC2CCCCC2)cc1N. The lowest BCUT2D eigenvalue weighted by molar-refractivity contribution is -0.119. The predicted octanol–water partition coefficient (Wildman–Crippen LogP) is 3.31. The van der Waals surface area contributed by atoms with Gasteiger partial charge in [0.2, 0.25) is 11.8 Å². The Morgan fingerprint density at radius 3 is 2.68 bits per heavy atom. The first-order valence-electron chi connectivity index (χ1n) is 8.64. The molecule has 1 aliphatic carbocycles. The van der Waals surface area contributed by atoms with Crippen LogP contribution in [0.3, 0.4) is 0 Å². The van der Waals surface area contributed by atoms with E-state index >= 15 is 0 Å². The van der Waals surface area contributed by atoms with Crippen LogP contribution >= 0.6 is 0 Å². The summed E-state index contributed by atoms with van der Waals surface area (Å²) in [5.41, 5.74) is 10.8. The highest BCUT2D eigenvalue weighted by Gasteiger charge is 2.17. The molecule has 1 aromatic carbocycles. The first-order valence-corrected chi connectivity index (χ1v) is 8.64. The zero-order valence-corrected chi connectivity index (χ0v) is 14.7. The largest absolute Gasteiger partial charge is 0.398 e. The second-order valence-corrected chi connectivity index (χ2v) is 6.51. The third-order valence-electron chi connectivity index (χ3n) is 4.32. The molecule has 1 aliphatic rings. The van der Waals surface area contributed by atoms with E-state index in [0.29, 0.717) is 34.9 Å². The molecule has 0 aromatic heterocycles. The van der Waals surface area contributed by atoms with Gasteiger partial charge in [-0.1, -0.05) is 31.9 Å².